The van der Waals surface area contributed by atoms with Gasteiger partial charge in [0.25, 0.3) is 0 Å². The normalized spacial score (nSPS) is 16.6. The van der Waals surface area contributed by atoms with Gasteiger partial charge >= 0.3 is 0 Å². The fraction of sp³-hybridized carbons (Fsp3) is 0.625. The van der Waals surface area contributed by atoms with Crippen LogP contribution < -0.4 is 0 Å². The molecule has 3 nitrogen and oxygen atoms in total. The smallest absolute Gasteiger partial charge is 0.125 e. The Morgan fingerprint density at radius 3 is 2.71 bits per heavy atom. The Kier molecular flexibility index (Phi) is 6.90. The van der Waals surface area contributed by atoms with Crippen LogP contribution in [0.4, 0.5) is 4.39 Å². The summed E-state index contributed by atoms with van der Waals surface area (Å²) >= 11 is 5.87. The second kappa shape index (κ2) is 8.69. The zero-order valence-electron chi connectivity index (χ0n) is 12.7. The van der Waals surface area contributed by atoms with Gasteiger partial charge in [-0.2, -0.15) is 0 Å². The maximum atomic E-state index is 13.3. The molecule has 1 fully saturated rings. The first kappa shape index (κ1) is 16.7. The van der Waals surface area contributed by atoms with Gasteiger partial charge in [-0.1, -0.05) is 11.6 Å². The predicted octanol–water partition coefficient (Wildman–Crippen LogP) is 3.02. The Morgan fingerprint density at radius 2 is 2.00 bits per heavy atom. The van der Waals surface area contributed by atoms with E-state index in [4.69, 9.17) is 16.3 Å². The first-order valence-electron chi connectivity index (χ1n) is 7.57. The highest BCUT2D eigenvalue weighted by atomic mass is 35.5. The average Bonchev–Trinajstić information content (AvgIpc) is 2.43. The van der Waals surface area contributed by atoms with Gasteiger partial charge in [-0.3, -0.25) is 4.90 Å². The SMILES string of the molecule is CN(CCCCN1CCOCC1)Cc1cc(F)cc(Cl)c1. The molecule has 0 N–H and O–H groups in total. The highest BCUT2D eigenvalue weighted by Gasteiger charge is 2.09. The highest BCUT2D eigenvalue weighted by Crippen LogP contribution is 2.15. The molecule has 0 unspecified atom stereocenters. The van der Waals surface area contributed by atoms with Crippen molar-refractivity contribution in [1.82, 2.24) is 9.80 Å². The zero-order chi connectivity index (χ0) is 15.1. The molecular formula is C16H24ClFN2O. The fourth-order valence-corrected chi connectivity index (χ4v) is 2.88. The van der Waals surface area contributed by atoms with E-state index in [1.165, 1.54) is 12.5 Å². The zero-order valence-corrected chi connectivity index (χ0v) is 13.4. The summed E-state index contributed by atoms with van der Waals surface area (Å²) in [6, 6.07) is 4.72. The van der Waals surface area contributed by atoms with Gasteiger partial charge in [0.1, 0.15) is 5.82 Å². The lowest BCUT2D eigenvalue weighted by molar-refractivity contribution is 0.0369. The molecule has 21 heavy (non-hydrogen) atoms. The molecule has 1 aromatic rings. The second-order valence-corrected chi connectivity index (χ2v) is 6.11. The standard InChI is InChI=1S/C16H24ClFN2O/c1-19(13-14-10-15(17)12-16(18)11-14)4-2-3-5-20-6-8-21-9-7-20/h10-12H,2-9,13H2,1H3. The van der Waals surface area contributed by atoms with Gasteiger partial charge in [0, 0.05) is 24.7 Å². The topological polar surface area (TPSA) is 15.7 Å². The number of halogens is 2. The maximum absolute atomic E-state index is 13.3. The summed E-state index contributed by atoms with van der Waals surface area (Å²) in [4.78, 5) is 4.67. The monoisotopic (exact) mass is 314 g/mol. The van der Waals surface area contributed by atoms with E-state index in [0.29, 0.717) is 5.02 Å². The lowest BCUT2D eigenvalue weighted by Gasteiger charge is -2.26. The number of nitrogens with zero attached hydrogens (tertiary/aromatic N) is 2. The van der Waals surface area contributed by atoms with E-state index >= 15 is 0 Å². The highest BCUT2D eigenvalue weighted by molar-refractivity contribution is 6.30. The summed E-state index contributed by atoms with van der Waals surface area (Å²) in [5, 5.41) is 0.464. The van der Waals surface area contributed by atoms with Crippen LogP contribution in [-0.4, -0.2) is 56.2 Å². The third-order valence-corrected chi connectivity index (χ3v) is 3.96. The number of benzene rings is 1. The van der Waals surface area contributed by atoms with E-state index in [0.717, 1.165) is 57.9 Å². The van der Waals surface area contributed by atoms with E-state index in [1.807, 2.05) is 6.07 Å². The van der Waals surface area contributed by atoms with Crippen LogP contribution in [-0.2, 0) is 11.3 Å². The van der Waals surface area contributed by atoms with Crippen LogP contribution in [0.1, 0.15) is 18.4 Å². The Balaban J connectivity index is 1.63. The first-order valence-corrected chi connectivity index (χ1v) is 7.95. The lowest BCUT2D eigenvalue weighted by Crippen LogP contribution is -2.37. The van der Waals surface area contributed by atoms with Crippen molar-refractivity contribution in [2.75, 3.05) is 46.4 Å². The third kappa shape index (κ3) is 6.30. The summed E-state index contributed by atoms with van der Waals surface area (Å²) in [5.41, 5.74) is 0.927. The number of ether oxygens (including phenoxy) is 1. The van der Waals surface area contributed by atoms with Crippen molar-refractivity contribution in [1.29, 1.82) is 0 Å². The van der Waals surface area contributed by atoms with Crippen LogP contribution in [0.25, 0.3) is 0 Å². The molecule has 1 aromatic carbocycles. The molecule has 0 spiro atoms. The molecular weight excluding hydrogens is 291 g/mol. The van der Waals surface area contributed by atoms with Crippen molar-refractivity contribution in [3.05, 3.63) is 34.6 Å². The van der Waals surface area contributed by atoms with E-state index in [-0.39, 0.29) is 5.82 Å². The van der Waals surface area contributed by atoms with Gasteiger partial charge in [-0.05, 0) is 56.7 Å². The average molecular weight is 315 g/mol. The summed E-state index contributed by atoms with van der Waals surface area (Å²) in [7, 11) is 2.06. The molecule has 2 rings (SSSR count). The number of morpholine rings is 1. The molecule has 0 radical (unpaired) electrons. The number of rotatable bonds is 7. The van der Waals surface area contributed by atoms with Crippen LogP contribution in [0.15, 0.2) is 18.2 Å². The summed E-state index contributed by atoms with van der Waals surface area (Å²) in [5.74, 6) is -0.266. The third-order valence-electron chi connectivity index (χ3n) is 3.74. The van der Waals surface area contributed by atoms with E-state index in [9.17, 15) is 4.39 Å². The Morgan fingerprint density at radius 1 is 1.24 bits per heavy atom. The fourth-order valence-electron chi connectivity index (χ4n) is 2.63. The number of unbranched alkanes of at least 4 members (excludes halogenated alkanes) is 1. The second-order valence-electron chi connectivity index (χ2n) is 5.68. The van der Waals surface area contributed by atoms with Crippen molar-refractivity contribution in [3.8, 4) is 0 Å². The van der Waals surface area contributed by atoms with E-state index in [2.05, 4.69) is 16.8 Å². The quantitative estimate of drug-likeness (QED) is 0.720. The first-order chi connectivity index (χ1) is 10.1. The van der Waals surface area contributed by atoms with Crippen molar-refractivity contribution in [3.63, 3.8) is 0 Å². The van der Waals surface area contributed by atoms with Gasteiger partial charge in [0.15, 0.2) is 0 Å². The number of hydrogen-bond acceptors (Lipinski definition) is 3. The molecule has 1 heterocycles. The Labute approximate surface area is 131 Å². The molecule has 5 heteroatoms. The van der Waals surface area contributed by atoms with Crippen molar-refractivity contribution in [2.45, 2.75) is 19.4 Å². The van der Waals surface area contributed by atoms with Crippen LogP contribution >= 0.6 is 11.6 Å². The van der Waals surface area contributed by atoms with Crippen molar-refractivity contribution < 1.29 is 9.13 Å². The minimum absolute atomic E-state index is 0.266. The lowest BCUT2D eigenvalue weighted by atomic mass is 10.2. The minimum atomic E-state index is -0.266. The molecule has 0 amide bonds. The van der Waals surface area contributed by atoms with E-state index < -0.39 is 0 Å². The molecule has 1 aliphatic heterocycles. The summed E-state index contributed by atoms with van der Waals surface area (Å²) in [6.45, 7) is 6.71. The predicted molar refractivity (Wildman–Crippen MR) is 84.2 cm³/mol. The van der Waals surface area contributed by atoms with Gasteiger partial charge in [0.2, 0.25) is 0 Å². The van der Waals surface area contributed by atoms with Gasteiger partial charge in [0.05, 0.1) is 13.2 Å². The van der Waals surface area contributed by atoms with Crippen LogP contribution in [0.2, 0.25) is 5.02 Å². The molecule has 1 saturated heterocycles. The molecule has 0 saturated carbocycles. The van der Waals surface area contributed by atoms with Crippen LogP contribution in [0, 0.1) is 5.82 Å². The Bertz CT molecular complexity index is 418. The van der Waals surface area contributed by atoms with Gasteiger partial charge in [-0.15, -0.1) is 0 Å². The molecule has 118 valence electrons. The Hall–Kier alpha value is -0.680. The maximum Gasteiger partial charge on any atom is 0.125 e. The van der Waals surface area contributed by atoms with Crippen molar-refractivity contribution in [2.24, 2.45) is 0 Å². The molecule has 1 aliphatic rings. The van der Waals surface area contributed by atoms with Gasteiger partial charge < -0.3 is 9.64 Å². The molecule has 0 aromatic heterocycles. The summed E-state index contributed by atoms with van der Waals surface area (Å²) < 4.78 is 18.6. The minimum Gasteiger partial charge on any atom is -0.379 e. The number of hydrogen-bond donors (Lipinski definition) is 0. The molecule has 0 atom stereocenters. The van der Waals surface area contributed by atoms with Gasteiger partial charge in [-0.25, -0.2) is 4.39 Å². The largest absolute Gasteiger partial charge is 0.379 e. The van der Waals surface area contributed by atoms with E-state index in [1.54, 1.807) is 6.07 Å². The van der Waals surface area contributed by atoms with Crippen LogP contribution in [0.3, 0.4) is 0 Å². The summed E-state index contributed by atoms with van der Waals surface area (Å²) in [6.07, 6.45) is 2.34. The molecule has 0 bridgehead atoms. The van der Waals surface area contributed by atoms with Crippen LogP contribution in [0.5, 0.6) is 0 Å². The molecule has 0 aliphatic carbocycles. The van der Waals surface area contributed by atoms with Crippen molar-refractivity contribution >= 4 is 11.6 Å².